The van der Waals surface area contributed by atoms with Crippen LogP contribution in [-0.4, -0.2) is 23.2 Å². The van der Waals surface area contributed by atoms with Gasteiger partial charge in [-0.2, -0.15) is 0 Å². The molecule has 0 aliphatic carbocycles. The number of carbonyl (C=O) groups excluding carboxylic acids is 2. The van der Waals surface area contributed by atoms with Crippen molar-refractivity contribution in [3.8, 4) is 0 Å². The molecule has 1 amide bonds. The van der Waals surface area contributed by atoms with Crippen molar-refractivity contribution in [1.29, 1.82) is 0 Å². The number of hydrogen-bond acceptors (Lipinski definition) is 3. The van der Waals surface area contributed by atoms with Crippen LogP contribution in [0.4, 0.5) is 0 Å². The number of carbonyl (C=O) groups is 2. The second-order valence-corrected chi connectivity index (χ2v) is 3.77. The van der Waals surface area contributed by atoms with Gasteiger partial charge in [-0.15, -0.1) is 0 Å². The van der Waals surface area contributed by atoms with Gasteiger partial charge in [0.25, 0.3) is 5.91 Å². The maximum Gasteiger partial charge on any atom is 0.270 e. The van der Waals surface area contributed by atoms with Crippen LogP contribution in [0.1, 0.15) is 17.4 Å². The summed E-state index contributed by atoms with van der Waals surface area (Å²) in [7, 11) is 0. The fourth-order valence-electron chi connectivity index (χ4n) is 1.59. The molecule has 0 unspecified atom stereocenters. The molecule has 0 spiro atoms. The summed E-state index contributed by atoms with van der Waals surface area (Å²) in [5, 5.41) is 4.28. The summed E-state index contributed by atoms with van der Waals surface area (Å²) in [6.07, 6.45) is 1.59. The SMILES string of the molecule is CC(=O)CNC(=O)c1nccc2ccccc12. The molecule has 0 fully saturated rings. The Morgan fingerprint density at radius 2 is 2.00 bits per heavy atom. The van der Waals surface area contributed by atoms with Gasteiger partial charge in [0.15, 0.2) is 0 Å². The molecule has 1 aromatic carbocycles. The Hall–Kier alpha value is -2.23. The Bertz CT molecular complexity index is 573. The largest absolute Gasteiger partial charge is 0.344 e. The molecule has 0 aliphatic heterocycles. The van der Waals surface area contributed by atoms with Crippen molar-refractivity contribution < 1.29 is 9.59 Å². The molecule has 0 saturated heterocycles. The van der Waals surface area contributed by atoms with Crippen LogP contribution in [0.2, 0.25) is 0 Å². The number of nitrogens with zero attached hydrogens (tertiary/aromatic N) is 1. The molecule has 1 aromatic heterocycles. The Morgan fingerprint density at radius 1 is 1.24 bits per heavy atom. The normalized spacial score (nSPS) is 10.2. The number of pyridine rings is 1. The highest BCUT2D eigenvalue weighted by Crippen LogP contribution is 2.15. The van der Waals surface area contributed by atoms with Crippen molar-refractivity contribution in [2.45, 2.75) is 6.92 Å². The topological polar surface area (TPSA) is 59.1 Å². The number of aromatic nitrogens is 1. The van der Waals surface area contributed by atoms with Gasteiger partial charge in [0.2, 0.25) is 0 Å². The second kappa shape index (κ2) is 4.74. The van der Waals surface area contributed by atoms with Crippen LogP contribution in [0.5, 0.6) is 0 Å². The van der Waals surface area contributed by atoms with E-state index < -0.39 is 0 Å². The second-order valence-electron chi connectivity index (χ2n) is 3.77. The van der Waals surface area contributed by atoms with Crippen molar-refractivity contribution in [3.05, 3.63) is 42.2 Å². The number of hydrogen-bond donors (Lipinski definition) is 1. The molecule has 0 bridgehead atoms. The quantitative estimate of drug-likeness (QED) is 0.867. The predicted molar refractivity (Wildman–Crippen MR) is 64.8 cm³/mol. The number of nitrogens with one attached hydrogen (secondary N) is 1. The van der Waals surface area contributed by atoms with E-state index >= 15 is 0 Å². The summed E-state index contributed by atoms with van der Waals surface area (Å²) < 4.78 is 0. The van der Waals surface area contributed by atoms with Crippen LogP contribution < -0.4 is 5.32 Å². The van der Waals surface area contributed by atoms with E-state index in [0.717, 1.165) is 10.8 Å². The molecule has 0 atom stereocenters. The van der Waals surface area contributed by atoms with Crippen LogP contribution in [-0.2, 0) is 4.79 Å². The maximum atomic E-state index is 11.8. The van der Waals surface area contributed by atoms with Gasteiger partial charge in [-0.25, -0.2) is 0 Å². The van der Waals surface area contributed by atoms with Crippen LogP contribution in [0.15, 0.2) is 36.5 Å². The third-order valence-corrected chi connectivity index (χ3v) is 2.39. The van der Waals surface area contributed by atoms with Crippen molar-refractivity contribution >= 4 is 22.5 Å². The number of ketones is 1. The van der Waals surface area contributed by atoms with Gasteiger partial charge < -0.3 is 5.32 Å². The molecular weight excluding hydrogens is 216 g/mol. The average molecular weight is 228 g/mol. The standard InChI is InChI=1S/C13H12N2O2/c1-9(16)8-15-13(17)12-11-5-3-2-4-10(11)6-7-14-12/h2-7H,8H2,1H3,(H,15,17). The summed E-state index contributed by atoms with van der Waals surface area (Å²) in [5.74, 6) is -0.407. The summed E-state index contributed by atoms with van der Waals surface area (Å²) >= 11 is 0. The first-order valence-electron chi connectivity index (χ1n) is 5.30. The Balaban J connectivity index is 2.35. The highest BCUT2D eigenvalue weighted by molar-refractivity contribution is 6.05. The van der Waals surface area contributed by atoms with Gasteiger partial charge in [-0.05, 0) is 18.4 Å². The Morgan fingerprint density at radius 3 is 2.76 bits per heavy atom. The van der Waals surface area contributed by atoms with Crippen LogP contribution >= 0.6 is 0 Å². The highest BCUT2D eigenvalue weighted by atomic mass is 16.2. The van der Waals surface area contributed by atoms with E-state index in [2.05, 4.69) is 10.3 Å². The lowest BCUT2D eigenvalue weighted by atomic mass is 10.1. The fraction of sp³-hybridized carbons (Fsp3) is 0.154. The number of benzene rings is 1. The molecule has 17 heavy (non-hydrogen) atoms. The zero-order valence-corrected chi connectivity index (χ0v) is 9.43. The summed E-state index contributed by atoms with van der Waals surface area (Å²) in [5.41, 5.74) is 0.351. The first-order valence-corrected chi connectivity index (χ1v) is 5.30. The number of rotatable bonds is 3. The molecule has 0 radical (unpaired) electrons. The number of fused-ring (bicyclic) bond motifs is 1. The lowest BCUT2D eigenvalue weighted by molar-refractivity contribution is -0.116. The lowest BCUT2D eigenvalue weighted by Crippen LogP contribution is -2.29. The smallest absolute Gasteiger partial charge is 0.270 e. The predicted octanol–water partition coefficient (Wildman–Crippen LogP) is 1.55. The van der Waals surface area contributed by atoms with Gasteiger partial charge in [0.1, 0.15) is 11.5 Å². The van der Waals surface area contributed by atoms with Crippen LogP contribution in [0.25, 0.3) is 10.8 Å². The van der Waals surface area contributed by atoms with Gasteiger partial charge in [-0.1, -0.05) is 24.3 Å². The minimum absolute atomic E-state index is 0.0315. The van der Waals surface area contributed by atoms with Gasteiger partial charge >= 0.3 is 0 Å². The van der Waals surface area contributed by atoms with Crippen molar-refractivity contribution in [1.82, 2.24) is 10.3 Å². The first kappa shape index (κ1) is 11.3. The first-order chi connectivity index (χ1) is 8.18. The molecule has 0 aliphatic rings. The van der Waals surface area contributed by atoms with Crippen molar-refractivity contribution in [2.24, 2.45) is 0 Å². The van der Waals surface area contributed by atoms with E-state index in [9.17, 15) is 9.59 Å². The molecule has 2 rings (SSSR count). The maximum absolute atomic E-state index is 11.8. The molecule has 4 nitrogen and oxygen atoms in total. The Labute approximate surface area is 98.7 Å². The molecule has 0 saturated carbocycles. The van der Waals surface area contributed by atoms with Crippen LogP contribution in [0, 0.1) is 0 Å². The molecule has 2 aromatic rings. The zero-order valence-electron chi connectivity index (χ0n) is 9.43. The minimum atomic E-state index is -0.322. The number of amides is 1. The van der Waals surface area contributed by atoms with Gasteiger partial charge in [-0.3, -0.25) is 14.6 Å². The van der Waals surface area contributed by atoms with Gasteiger partial charge in [0, 0.05) is 11.6 Å². The van der Waals surface area contributed by atoms with Crippen molar-refractivity contribution in [2.75, 3.05) is 6.54 Å². The Kier molecular flexibility index (Phi) is 3.14. The highest BCUT2D eigenvalue weighted by Gasteiger charge is 2.11. The van der Waals surface area contributed by atoms with E-state index in [1.54, 1.807) is 6.20 Å². The molecule has 1 N–H and O–H groups in total. The summed E-state index contributed by atoms with van der Waals surface area (Å²) in [6, 6.07) is 9.35. The summed E-state index contributed by atoms with van der Waals surface area (Å²) in [6.45, 7) is 1.46. The molecule has 4 heteroatoms. The van der Waals surface area contributed by atoms with E-state index in [0.29, 0.717) is 5.69 Å². The third-order valence-electron chi connectivity index (χ3n) is 2.39. The summed E-state index contributed by atoms with van der Waals surface area (Å²) in [4.78, 5) is 26.7. The lowest BCUT2D eigenvalue weighted by Gasteiger charge is -2.05. The van der Waals surface area contributed by atoms with Crippen molar-refractivity contribution in [3.63, 3.8) is 0 Å². The van der Waals surface area contributed by atoms with Crippen LogP contribution in [0.3, 0.4) is 0 Å². The molecule has 1 heterocycles. The minimum Gasteiger partial charge on any atom is -0.344 e. The molecule has 86 valence electrons. The van der Waals surface area contributed by atoms with E-state index in [1.165, 1.54) is 6.92 Å². The third kappa shape index (κ3) is 2.47. The monoisotopic (exact) mass is 228 g/mol. The van der Waals surface area contributed by atoms with E-state index in [4.69, 9.17) is 0 Å². The average Bonchev–Trinajstić information content (AvgIpc) is 2.35. The van der Waals surface area contributed by atoms with E-state index in [1.807, 2.05) is 30.3 Å². The zero-order chi connectivity index (χ0) is 12.3. The van der Waals surface area contributed by atoms with E-state index in [-0.39, 0.29) is 18.2 Å². The fourth-order valence-corrected chi connectivity index (χ4v) is 1.59. The number of Topliss-reactive ketones (excluding diaryl/α,β-unsaturated/α-hetero) is 1. The van der Waals surface area contributed by atoms with Gasteiger partial charge in [0.05, 0.1) is 6.54 Å². The molecular formula is C13H12N2O2.